The number of hydrogen-bond donors (Lipinski definition) is 1. The number of ether oxygens (including phenoxy) is 1. The zero-order valence-corrected chi connectivity index (χ0v) is 12.4. The second-order valence-corrected chi connectivity index (χ2v) is 6.90. The largest absolute Gasteiger partial charge is 0.478 e. The Hall–Kier alpha value is -1.51. The van der Waals surface area contributed by atoms with Crippen LogP contribution in [0.1, 0.15) is 23.7 Å². The summed E-state index contributed by atoms with van der Waals surface area (Å²) in [7, 11) is -2.49. The Kier molecular flexibility index (Phi) is 4.31. The number of nitrogens with zero attached hydrogens (tertiary/aromatic N) is 1. The molecule has 1 saturated heterocycles. The van der Waals surface area contributed by atoms with Crippen molar-refractivity contribution >= 4 is 16.0 Å². The third-order valence-electron chi connectivity index (χ3n) is 3.65. The average molecular weight is 317 g/mol. The molecule has 2 atom stereocenters. The lowest BCUT2D eigenvalue weighted by atomic mass is 10.2. The molecule has 1 aliphatic rings. The molecule has 0 radical (unpaired) electrons. The molecule has 1 fully saturated rings. The number of hydrogen-bond acceptors (Lipinski definition) is 4. The Labute approximate surface area is 122 Å². The molecule has 1 N–H and O–H groups in total. The van der Waals surface area contributed by atoms with Gasteiger partial charge in [-0.15, -0.1) is 0 Å². The van der Waals surface area contributed by atoms with Gasteiger partial charge < -0.3 is 9.84 Å². The summed E-state index contributed by atoms with van der Waals surface area (Å²) in [6, 6.07) is 2.42. The predicted octanol–water partition coefficient (Wildman–Crippen LogP) is 1.32. The third-order valence-corrected chi connectivity index (χ3v) is 5.53. The average Bonchev–Trinajstić information content (AvgIpc) is 2.83. The van der Waals surface area contributed by atoms with Crippen molar-refractivity contribution in [1.82, 2.24) is 4.31 Å². The van der Waals surface area contributed by atoms with Gasteiger partial charge in [-0.3, -0.25) is 0 Å². The number of benzene rings is 1. The van der Waals surface area contributed by atoms with Gasteiger partial charge in [0.05, 0.1) is 22.6 Å². The molecular formula is C13H16FNO5S. The first-order valence-electron chi connectivity index (χ1n) is 6.37. The van der Waals surface area contributed by atoms with E-state index in [4.69, 9.17) is 9.84 Å². The van der Waals surface area contributed by atoms with Crippen LogP contribution in [0, 0.1) is 5.82 Å². The first kappa shape index (κ1) is 15.9. The Balaban J connectivity index is 2.39. The van der Waals surface area contributed by atoms with Crippen LogP contribution in [-0.2, 0) is 14.8 Å². The first-order chi connectivity index (χ1) is 9.75. The number of halogens is 1. The lowest BCUT2D eigenvalue weighted by molar-refractivity contribution is 0.0691. The standard InChI is InChI=1S/C13H16FNO5S/c1-8-12(5-6-20-8)15(2)21(18,19)9-3-4-11(14)10(7-9)13(16)17/h3-4,7-8,12H,5-6H2,1-2H3,(H,16,17). The highest BCUT2D eigenvalue weighted by Crippen LogP contribution is 2.25. The van der Waals surface area contributed by atoms with E-state index in [9.17, 15) is 17.6 Å². The van der Waals surface area contributed by atoms with Crippen LogP contribution in [-0.4, -0.2) is 49.6 Å². The first-order valence-corrected chi connectivity index (χ1v) is 7.81. The highest BCUT2D eigenvalue weighted by molar-refractivity contribution is 7.89. The maximum absolute atomic E-state index is 13.4. The summed E-state index contributed by atoms with van der Waals surface area (Å²) in [5, 5.41) is 8.88. The van der Waals surface area contributed by atoms with Gasteiger partial charge in [0.2, 0.25) is 10.0 Å². The van der Waals surface area contributed by atoms with Gasteiger partial charge in [-0.2, -0.15) is 4.31 Å². The van der Waals surface area contributed by atoms with Crippen LogP contribution >= 0.6 is 0 Å². The van der Waals surface area contributed by atoms with E-state index in [0.717, 1.165) is 22.5 Å². The van der Waals surface area contributed by atoms with Crippen LogP contribution in [0.3, 0.4) is 0 Å². The number of carboxylic acid groups (broad SMARTS) is 1. The minimum atomic E-state index is -3.90. The van der Waals surface area contributed by atoms with Crippen molar-refractivity contribution in [3.63, 3.8) is 0 Å². The van der Waals surface area contributed by atoms with Crippen LogP contribution in [0.4, 0.5) is 4.39 Å². The van der Waals surface area contributed by atoms with Gasteiger partial charge >= 0.3 is 5.97 Å². The molecule has 0 aliphatic carbocycles. The Bertz CT molecular complexity index is 661. The van der Waals surface area contributed by atoms with Crippen molar-refractivity contribution in [2.45, 2.75) is 30.4 Å². The lowest BCUT2D eigenvalue weighted by Gasteiger charge is -2.26. The molecule has 0 amide bonds. The van der Waals surface area contributed by atoms with Crippen molar-refractivity contribution in [1.29, 1.82) is 0 Å². The predicted molar refractivity (Wildman–Crippen MR) is 72.1 cm³/mol. The molecule has 116 valence electrons. The molecule has 1 aromatic carbocycles. The summed E-state index contributed by atoms with van der Waals surface area (Å²) in [6.45, 7) is 2.24. The smallest absolute Gasteiger partial charge is 0.338 e. The van der Waals surface area contributed by atoms with E-state index in [0.29, 0.717) is 13.0 Å². The fraction of sp³-hybridized carbons (Fsp3) is 0.462. The van der Waals surface area contributed by atoms with E-state index in [1.165, 1.54) is 7.05 Å². The fourth-order valence-electron chi connectivity index (χ4n) is 2.37. The van der Waals surface area contributed by atoms with Gasteiger partial charge in [0.15, 0.2) is 0 Å². The van der Waals surface area contributed by atoms with Crippen molar-refractivity contribution in [3.8, 4) is 0 Å². The molecule has 0 aromatic heterocycles. The molecule has 0 bridgehead atoms. The van der Waals surface area contributed by atoms with E-state index < -0.39 is 27.4 Å². The molecular weight excluding hydrogens is 301 g/mol. The second-order valence-electron chi connectivity index (χ2n) is 4.90. The molecule has 8 heteroatoms. The summed E-state index contributed by atoms with van der Waals surface area (Å²) in [5.74, 6) is -2.48. The molecule has 1 heterocycles. The van der Waals surface area contributed by atoms with Gasteiger partial charge in [-0.25, -0.2) is 17.6 Å². The number of likely N-dealkylation sites (N-methyl/N-ethyl adjacent to an activating group) is 1. The normalized spacial score (nSPS) is 22.7. The monoisotopic (exact) mass is 317 g/mol. The highest BCUT2D eigenvalue weighted by atomic mass is 32.2. The minimum absolute atomic E-state index is 0.246. The number of rotatable bonds is 4. The summed E-state index contributed by atoms with van der Waals surface area (Å²) in [4.78, 5) is 10.7. The molecule has 2 rings (SSSR count). The molecule has 1 aromatic rings. The van der Waals surface area contributed by atoms with Crippen LogP contribution in [0.15, 0.2) is 23.1 Å². The zero-order valence-electron chi connectivity index (χ0n) is 11.6. The number of carboxylic acids is 1. The molecule has 0 saturated carbocycles. The molecule has 6 nitrogen and oxygen atoms in total. The van der Waals surface area contributed by atoms with Gasteiger partial charge in [-0.1, -0.05) is 0 Å². The molecule has 21 heavy (non-hydrogen) atoms. The summed E-state index contributed by atoms with van der Waals surface area (Å²) in [5.41, 5.74) is -0.666. The van der Waals surface area contributed by atoms with Crippen molar-refractivity contribution in [2.24, 2.45) is 0 Å². The van der Waals surface area contributed by atoms with Crippen LogP contribution in [0.2, 0.25) is 0 Å². The van der Waals surface area contributed by atoms with E-state index >= 15 is 0 Å². The van der Waals surface area contributed by atoms with Crippen LogP contribution in [0.5, 0.6) is 0 Å². The van der Waals surface area contributed by atoms with Crippen LogP contribution < -0.4 is 0 Å². The maximum Gasteiger partial charge on any atom is 0.338 e. The maximum atomic E-state index is 13.4. The lowest BCUT2D eigenvalue weighted by Crippen LogP contribution is -2.41. The van der Waals surface area contributed by atoms with Crippen molar-refractivity contribution in [2.75, 3.05) is 13.7 Å². The van der Waals surface area contributed by atoms with Crippen molar-refractivity contribution in [3.05, 3.63) is 29.6 Å². The third kappa shape index (κ3) is 2.92. The zero-order chi connectivity index (χ0) is 15.8. The number of carbonyl (C=O) groups is 1. The van der Waals surface area contributed by atoms with Gasteiger partial charge in [0.25, 0.3) is 0 Å². The van der Waals surface area contributed by atoms with E-state index in [1.54, 1.807) is 6.92 Å². The molecule has 1 aliphatic heterocycles. The second kappa shape index (κ2) is 5.70. The number of aromatic carboxylic acids is 1. The van der Waals surface area contributed by atoms with E-state index in [2.05, 4.69) is 0 Å². The summed E-state index contributed by atoms with van der Waals surface area (Å²) >= 11 is 0. The number of sulfonamides is 1. The van der Waals surface area contributed by atoms with Crippen molar-refractivity contribution < 1.29 is 27.4 Å². The Morgan fingerprint density at radius 1 is 1.48 bits per heavy atom. The molecule has 0 spiro atoms. The van der Waals surface area contributed by atoms with Crippen LogP contribution in [0.25, 0.3) is 0 Å². The minimum Gasteiger partial charge on any atom is -0.478 e. The topological polar surface area (TPSA) is 83.9 Å². The Morgan fingerprint density at radius 3 is 2.67 bits per heavy atom. The van der Waals surface area contributed by atoms with Gasteiger partial charge in [-0.05, 0) is 31.5 Å². The van der Waals surface area contributed by atoms with Gasteiger partial charge in [0, 0.05) is 13.7 Å². The molecule has 2 unspecified atom stereocenters. The van der Waals surface area contributed by atoms with E-state index in [-0.39, 0.29) is 17.0 Å². The Morgan fingerprint density at radius 2 is 2.14 bits per heavy atom. The quantitative estimate of drug-likeness (QED) is 0.905. The SMILES string of the molecule is CC1OCCC1N(C)S(=O)(=O)c1ccc(F)c(C(=O)O)c1. The summed E-state index contributed by atoms with van der Waals surface area (Å²) < 4.78 is 44.9. The van der Waals surface area contributed by atoms with Gasteiger partial charge in [0.1, 0.15) is 5.82 Å². The highest BCUT2D eigenvalue weighted by Gasteiger charge is 2.35. The fourth-order valence-corrected chi connectivity index (χ4v) is 3.84. The summed E-state index contributed by atoms with van der Waals surface area (Å²) in [6.07, 6.45) is 0.313. The van der Waals surface area contributed by atoms with E-state index in [1.807, 2.05) is 0 Å².